The van der Waals surface area contributed by atoms with Crippen molar-refractivity contribution in [1.82, 2.24) is 4.90 Å². The van der Waals surface area contributed by atoms with Crippen molar-refractivity contribution in [1.29, 1.82) is 0 Å². The zero-order valence-corrected chi connectivity index (χ0v) is 14.8. The zero-order valence-electron chi connectivity index (χ0n) is 14.8. The molecule has 130 valence electrons. The van der Waals surface area contributed by atoms with Crippen molar-refractivity contribution >= 4 is 5.69 Å². The van der Waals surface area contributed by atoms with Crippen LogP contribution in [-0.4, -0.2) is 37.1 Å². The highest BCUT2D eigenvalue weighted by Gasteiger charge is 2.38. The van der Waals surface area contributed by atoms with Crippen molar-refractivity contribution in [2.75, 3.05) is 25.0 Å². The zero-order chi connectivity index (χ0) is 17.6. The quantitative estimate of drug-likeness (QED) is 0.747. The Balaban J connectivity index is 2.46. The van der Waals surface area contributed by atoms with Gasteiger partial charge in [0.1, 0.15) is 0 Å². The first-order valence-electron chi connectivity index (χ1n) is 8.10. The van der Waals surface area contributed by atoms with E-state index in [1.54, 1.807) is 6.07 Å². The number of hydrogen-bond acceptors (Lipinski definition) is 2. The van der Waals surface area contributed by atoms with Crippen LogP contribution < -0.4 is 4.90 Å². The van der Waals surface area contributed by atoms with Crippen LogP contribution in [0.4, 0.5) is 18.9 Å². The number of alkyl halides is 3. The molecule has 2 atom stereocenters. The molecule has 1 heterocycles. The molecule has 0 spiro atoms. The van der Waals surface area contributed by atoms with Gasteiger partial charge in [0.2, 0.25) is 0 Å². The molecule has 1 aliphatic heterocycles. The van der Waals surface area contributed by atoms with Crippen LogP contribution in [0.5, 0.6) is 0 Å². The Bertz CT molecular complexity index is 548. The Morgan fingerprint density at radius 3 is 1.96 bits per heavy atom. The molecule has 1 aromatic carbocycles. The molecule has 2 unspecified atom stereocenters. The number of anilines is 1. The predicted molar refractivity (Wildman–Crippen MR) is 89.0 cm³/mol. The highest BCUT2D eigenvalue weighted by molar-refractivity contribution is 5.58. The van der Waals surface area contributed by atoms with Gasteiger partial charge in [-0.1, -0.05) is 26.8 Å². The molecule has 1 aliphatic rings. The summed E-state index contributed by atoms with van der Waals surface area (Å²) in [4.78, 5) is 4.10. The molecule has 0 aliphatic carbocycles. The second kappa shape index (κ2) is 6.00. The van der Waals surface area contributed by atoms with Gasteiger partial charge in [0.25, 0.3) is 0 Å². The van der Waals surface area contributed by atoms with E-state index in [1.807, 2.05) is 38.8 Å². The normalized spacial score (nSPS) is 24.1. The highest BCUT2D eigenvalue weighted by atomic mass is 19.4. The SMILES string of the molecule is CC1CN(c2ccc(C(C)(C)C)cc2C(F)(F)F)CC(C)N1C. The first-order chi connectivity index (χ1) is 10.4. The molecule has 0 bridgehead atoms. The lowest BCUT2D eigenvalue weighted by Gasteiger charge is -2.44. The standard InChI is InChI=1S/C18H27F3N2/c1-12-10-23(11-13(2)22(12)6)16-8-7-14(17(3,4)5)9-15(16)18(19,20)21/h7-9,12-13H,10-11H2,1-6H3. The van der Waals surface area contributed by atoms with Gasteiger partial charge < -0.3 is 4.90 Å². The van der Waals surface area contributed by atoms with Gasteiger partial charge in [0.05, 0.1) is 5.56 Å². The van der Waals surface area contributed by atoms with E-state index >= 15 is 0 Å². The molecule has 0 N–H and O–H groups in total. The van der Waals surface area contributed by atoms with E-state index in [2.05, 4.69) is 18.7 Å². The second-order valence-corrected chi connectivity index (χ2v) is 7.75. The summed E-state index contributed by atoms with van der Waals surface area (Å²) in [6.07, 6.45) is -4.34. The van der Waals surface area contributed by atoms with Crippen LogP contribution in [-0.2, 0) is 11.6 Å². The number of nitrogens with zero attached hydrogens (tertiary/aromatic N) is 2. The molecule has 0 radical (unpaired) electrons. The molecule has 1 aromatic rings. The van der Waals surface area contributed by atoms with Gasteiger partial charge in [-0.3, -0.25) is 4.90 Å². The van der Waals surface area contributed by atoms with E-state index in [9.17, 15) is 13.2 Å². The van der Waals surface area contributed by atoms with Crippen LogP contribution in [0.3, 0.4) is 0 Å². The average molecular weight is 328 g/mol. The molecule has 2 rings (SSSR count). The Hall–Kier alpha value is -1.23. The van der Waals surface area contributed by atoms with Crippen LogP contribution in [0.2, 0.25) is 0 Å². The Labute approximate surface area is 137 Å². The molecule has 23 heavy (non-hydrogen) atoms. The number of piperazine rings is 1. The number of hydrogen-bond donors (Lipinski definition) is 0. The van der Waals surface area contributed by atoms with Crippen LogP contribution in [0.15, 0.2) is 18.2 Å². The Kier molecular flexibility index (Phi) is 4.73. The average Bonchev–Trinajstić information content (AvgIpc) is 2.41. The summed E-state index contributed by atoms with van der Waals surface area (Å²) in [5.74, 6) is 0. The topological polar surface area (TPSA) is 6.48 Å². The second-order valence-electron chi connectivity index (χ2n) is 7.75. The van der Waals surface area contributed by atoms with Crippen molar-refractivity contribution in [2.24, 2.45) is 0 Å². The molecule has 0 aromatic heterocycles. The predicted octanol–water partition coefficient (Wildman–Crippen LogP) is 4.53. The summed E-state index contributed by atoms with van der Waals surface area (Å²) in [5.41, 5.74) is 0.191. The summed E-state index contributed by atoms with van der Waals surface area (Å²) in [5, 5.41) is 0. The van der Waals surface area contributed by atoms with Gasteiger partial charge in [0.15, 0.2) is 0 Å². The fourth-order valence-electron chi connectivity index (χ4n) is 3.11. The van der Waals surface area contributed by atoms with E-state index in [4.69, 9.17) is 0 Å². The highest BCUT2D eigenvalue weighted by Crippen LogP contribution is 2.40. The summed E-state index contributed by atoms with van der Waals surface area (Å²) < 4.78 is 40.8. The lowest BCUT2D eigenvalue weighted by atomic mass is 9.85. The summed E-state index contributed by atoms with van der Waals surface area (Å²) in [6.45, 7) is 11.1. The van der Waals surface area contributed by atoms with E-state index in [0.29, 0.717) is 24.3 Å². The minimum Gasteiger partial charge on any atom is -0.368 e. The molecule has 0 saturated carbocycles. The van der Waals surface area contributed by atoms with Crippen molar-refractivity contribution in [2.45, 2.75) is 58.3 Å². The van der Waals surface area contributed by atoms with Crippen molar-refractivity contribution in [3.8, 4) is 0 Å². The largest absolute Gasteiger partial charge is 0.418 e. The Morgan fingerprint density at radius 2 is 1.52 bits per heavy atom. The van der Waals surface area contributed by atoms with E-state index in [1.165, 1.54) is 6.07 Å². The smallest absolute Gasteiger partial charge is 0.368 e. The molecular formula is C18H27F3N2. The maximum Gasteiger partial charge on any atom is 0.418 e. The summed E-state index contributed by atoms with van der Waals surface area (Å²) >= 11 is 0. The maximum absolute atomic E-state index is 13.6. The van der Waals surface area contributed by atoms with Gasteiger partial charge in [-0.25, -0.2) is 0 Å². The first-order valence-corrected chi connectivity index (χ1v) is 8.10. The third kappa shape index (κ3) is 3.82. The van der Waals surface area contributed by atoms with Crippen LogP contribution in [0.1, 0.15) is 45.7 Å². The van der Waals surface area contributed by atoms with E-state index in [-0.39, 0.29) is 17.5 Å². The minimum absolute atomic E-state index is 0.224. The van der Waals surface area contributed by atoms with Crippen LogP contribution in [0, 0.1) is 0 Å². The molecule has 1 saturated heterocycles. The molecule has 5 heteroatoms. The number of rotatable bonds is 1. The lowest BCUT2D eigenvalue weighted by molar-refractivity contribution is -0.137. The lowest BCUT2D eigenvalue weighted by Crippen LogP contribution is -2.55. The van der Waals surface area contributed by atoms with E-state index in [0.717, 1.165) is 0 Å². The molecule has 0 amide bonds. The van der Waals surface area contributed by atoms with Crippen molar-refractivity contribution in [3.05, 3.63) is 29.3 Å². The van der Waals surface area contributed by atoms with Crippen molar-refractivity contribution < 1.29 is 13.2 Å². The van der Waals surface area contributed by atoms with Crippen LogP contribution >= 0.6 is 0 Å². The van der Waals surface area contributed by atoms with E-state index < -0.39 is 11.7 Å². The van der Waals surface area contributed by atoms with Gasteiger partial charge in [-0.15, -0.1) is 0 Å². The maximum atomic E-state index is 13.6. The van der Waals surface area contributed by atoms with Crippen LogP contribution in [0.25, 0.3) is 0 Å². The van der Waals surface area contributed by atoms with Gasteiger partial charge in [-0.2, -0.15) is 13.2 Å². The van der Waals surface area contributed by atoms with Gasteiger partial charge in [0, 0.05) is 30.9 Å². The number of halogens is 3. The van der Waals surface area contributed by atoms with Gasteiger partial charge >= 0.3 is 6.18 Å². The van der Waals surface area contributed by atoms with Gasteiger partial charge in [-0.05, 0) is 44.0 Å². The summed E-state index contributed by atoms with van der Waals surface area (Å²) in [6, 6.07) is 5.25. The first kappa shape index (κ1) is 18.1. The van der Waals surface area contributed by atoms with Crippen molar-refractivity contribution in [3.63, 3.8) is 0 Å². The monoisotopic (exact) mass is 328 g/mol. The number of benzene rings is 1. The Morgan fingerprint density at radius 1 is 1.00 bits per heavy atom. The molecule has 1 fully saturated rings. The summed E-state index contributed by atoms with van der Waals surface area (Å²) in [7, 11) is 2.03. The third-order valence-electron chi connectivity index (χ3n) is 4.87. The number of likely N-dealkylation sites (N-methyl/N-ethyl adjacent to an activating group) is 1. The minimum atomic E-state index is -4.34. The third-order valence-corrected chi connectivity index (χ3v) is 4.87. The molecular weight excluding hydrogens is 301 g/mol. The molecule has 2 nitrogen and oxygen atoms in total. The fraction of sp³-hybridized carbons (Fsp3) is 0.667. The fourth-order valence-corrected chi connectivity index (χ4v) is 3.11.